The van der Waals surface area contributed by atoms with Crippen molar-refractivity contribution in [2.75, 3.05) is 5.75 Å². The highest BCUT2D eigenvalue weighted by Gasteiger charge is 2.21. The molecule has 0 aliphatic rings. The summed E-state index contributed by atoms with van der Waals surface area (Å²) < 4.78 is 26.9. The summed E-state index contributed by atoms with van der Waals surface area (Å²) in [4.78, 5) is 12.5. The zero-order chi connectivity index (χ0) is 21.7. The second kappa shape index (κ2) is 9.44. The van der Waals surface area contributed by atoms with Crippen LogP contribution in [0.15, 0.2) is 64.6 Å². The van der Waals surface area contributed by atoms with Gasteiger partial charge in [-0.1, -0.05) is 59.8 Å². The molecular weight excluding hydrogens is 420 g/mol. The van der Waals surface area contributed by atoms with Crippen molar-refractivity contribution in [3.8, 4) is 0 Å². The average Bonchev–Trinajstić information content (AvgIpc) is 3.06. The molecule has 1 aromatic heterocycles. The van der Waals surface area contributed by atoms with Gasteiger partial charge in [-0.15, -0.1) is 10.2 Å². The number of nitrogens with zero attached hydrogens (tertiary/aromatic N) is 3. The Morgan fingerprint density at radius 2 is 1.77 bits per heavy atom. The number of hydrogen-bond acceptors (Lipinski definition) is 6. The van der Waals surface area contributed by atoms with Gasteiger partial charge in [0, 0.05) is 7.05 Å². The third-order valence-corrected chi connectivity index (χ3v) is 7.28. The maximum Gasteiger partial charge on any atom is 0.230 e. The van der Waals surface area contributed by atoms with Gasteiger partial charge in [-0.3, -0.25) is 4.79 Å². The molecule has 3 rings (SSSR count). The monoisotopic (exact) mass is 444 g/mol. The van der Waals surface area contributed by atoms with Crippen molar-refractivity contribution < 1.29 is 13.2 Å². The van der Waals surface area contributed by atoms with Gasteiger partial charge in [0.15, 0.2) is 15.0 Å². The Balaban J connectivity index is 1.60. The molecule has 0 saturated carbocycles. The second-order valence-electron chi connectivity index (χ2n) is 7.02. The van der Waals surface area contributed by atoms with Gasteiger partial charge in [0.2, 0.25) is 5.91 Å². The fraction of sp³-hybridized carbons (Fsp3) is 0.286. The number of rotatable bonds is 8. The zero-order valence-electron chi connectivity index (χ0n) is 17.1. The Kier molecular flexibility index (Phi) is 6.94. The topological polar surface area (TPSA) is 94.0 Å². The molecule has 3 aromatic rings. The van der Waals surface area contributed by atoms with Crippen LogP contribution in [0.1, 0.15) is 29.9 Å². The molecule has 0 bridgehead atoms. The molecule has 0 spiro atoms. The van der Waals surface area contributed by atoms with E-state index < -0.39 is 9.84 Å². The number of hydrogen-bond donors (Lipinski definition) is 1. The number of aromatic nitrogens is 3. The van der Waals surface area contributed by atoms with Crippen molar-refractivity contribution in [1.82, 2.24) is 20.1 Å². The molecule has 0 aliphatic carbocycles. The van der Waals surface area contributed by atoms with Crippen LogP contribution >= 0.6 is 11.8 Å². The molecule has 9 heteroatoms. The van der Waals surface area contributed by atoms with Gasteiger partial charge < -0.3 is 9.88 Å². The van der Waals surface area contributed by atoms with E-state index in [4.69, 9.17) is 0 Å². The minimum Gasteiger partial charge on any atom is -0.349 e. The Hall–Kier alpha value is -2.65. The SMILES string of the molecule is Cc1ccc(S(=O)(=O)Cc2nnc(SCC(=O)NC(C)c3ccccc3)n2C)cc1. The van der Waals surface area contributed by atoms with Gasteiger partial charge in [-0.25, -0.2) is 8.42 Å². The summed E-state index contributed by atoms with van der Waals surface area (Å²) in [5.74, 6) is 0.106. The van der Waals surface area contributed by atoms with Crippen LogP contribution in [0.25, 0.3) is 0 Å². The van der Waals surface area contributed by atoms with Crippen molar-refractivity contribution >= 4 is 27.5 Å². The molecule has 1 unspecified atom stereocenters. The van der Waals surface area contributed by atoms with E-state index in [9.17, 15) is 13.2 Å². The molecule has 30 heavy (non-hydrogen) atoms. The van der Waals surface area contributed by atoms with Crippen LogP contribution in [0.4, 0.5) is 0 Å². The molecule has 1 heterocycles. The van der Waals surface area contributed by atoms with E-state index in [1.807, 2.05) is 44.2 Å². The molecule has 1 atom stereocenters. The smallest absolute Gasteiger partial charge is 0.230 e. The quantitative estimate of drug-likeness (QED) is 0.537. The van der Waals surface area contributed by atoms with Gasteiger partial charge in [0.05, 0.1) is 16.7 Å². The minimum atomic E-state index is -3.53. The fourth-order valence-electron chi connectivity index (χ4n) is 2.83. The normalized spacial score (nSPS) is 12.5. The third kappa shape index (κ3) is 5.48. The molecule has 0 aliphatic heterocycles. The van der Waals surface area contributed by atoms with E-state index in [1.54, 1.807) is 35.9 Å². The van der Waals surface area contributed by atoms with E-state index in [0.29, 0.717) is 11.0 Å². The highest BCUT2D eigenvalue weighted by molar-refractivity contribution is 7.99. The molecule has 0 saturated heterocycles. The molecule has 1 N–H and O–H groups in total. The Bertz CT molecular complexity index is 1110. The summed E-state index contributed by atoms with van der Waals surface area (Å²) in [6.07, 6.45) is 0. The maximum absolute atomic E-state index is 12.6. The van der Waals surface area contributed by atoms with Crippen LogP contribution in [0, 0.1) is 6.92 Å². The number of sulfone groups is 1. The van der Waals surface area contributed by atoms with Crippen LogP contribution in [0.2, 0.25) is 0 Å². The summed E-state index contributed by atoms with van der Waals surface area (Å²) in [5, 5.41) is 11.5. The summed E-state index contributed by atoms with van der Waals surface area (Å²) in [6.45, 7) is 3.83. The van der Waals surface area contributed by atoms with Crippen LogP contribution in [-0.4, -0.2) is 34.8 Å². The van der Waals surface area contributed by atoms with Crippen LogP contribution in [0.5, 0.6) is 0 Å². The first-order valence-electron chi connectivity index (χ1n) is 9.41. The van der Waals surface area contributed by atoms with Gasteiger partial charge in [0.1, 0.15) is 11.6 Å². The third-order valence-electron chi connectivity index (χ3n) is 4.63. The second-order valence-corrected chi connectivity index (χ2v) is 9.95. The molecular formula is C21H24N4O3S2. The number of benzene rings is 2. The number of aryl methyl sites for hydroxylation is 1. The molecule has 2 aromatic carbocycles. The van der Waals surface area contributed by atoms with Crippen molar-refractivity contribution in [3.05, 3.63) is 71.5 Å². The van der Waals surface area contributed by atoms with Crippen molar-refractivity contribution in [2.45, 2.75) is 35.7 Å². The lowest BCUT2D eigenvalue weighted by Crippen LogP contribution is -2.28. The lowest BCUT2D eigenvalue weighted by atomic mass is 10.1. The predicted octanol–water partition coefficient (Wildman–Crippen LogP) is 3.07. The number of carbonyl (C=O) groups is 1. The minimum absolute atomic E-state index is 0.103. The largest absolute Gasteiger partial charge is 0.349 e. The molecule has 0 fully saturated rings. The summed E-state index contributed by atoms with van der Waals surface area (Å²) in [5.41, 5.74) is 2.02. The Morgan fingerprint density at radius 1 is 1.10 bits per heavy atom. The number of nitrogens with one attached hydrogen (secondary N) is 1. The van der Waals surface area contributed by atoms with Gasteiger partial charge in [-0.05, 0) is 31.5 Å². The van der Waals surface area contributed by atoms with Crippen molar-refractivity contribution in [2.24, 2.45) is 7.05 Å². The summed E-state index contributed by atoms with van der Waals surface area (Å²) in [6, 6.07) is 16.3. The maximum atomic E-state index is 12.6. The lowest BCUT2D eigenvalue weighted by molar-refractivity contribution is -0.119. The standard InChI is InChI=1S/C21H24N4O3S2/c1-15-9-11-18(12-10-15)30(27,28)14-19-23-24-21(25(19)3)29-13-20(26)22-16(2)17-7-5-4-6-8-17/h4-12,16H,13-14H2,1-3H3,(H,22,26). The average molecular weight is 445 g/mol. The van der Waals surface area contributed by atoms with Gasteiger partial charge >= 0.3 is 0 Å². The summed E-state index contributed by atoms with van der Waals surface area (Å²) >= 11 is 1.22. The predicted molar refractivity (Wildman–Crippen MR) is 117 cm³/mol. The molecule has 7 nitrogen and oxygen atoms in total. The first-order valence-corrected chi connectivity index (χ1v) is 12.0. The lowest BCUT2D eigenvalue weighted by Gasteiger charge is -2.14. The molecule has 158 valence electrons. The molecule has 0 radical (unpaired) electrons. The first-order chi connectivity index (χ1) is 14.3. The van der Waals surface area contributed by atoms with Crippen LogP contribution in [0.3, 0.4) is 0 Å². The van der Waals surface area contributed by atoms with Crippen LogP contribution in [-0.2, 0) is 27.4 Å². The first kappa shape index (κ1) is 22.0. The zero-order valence-corrected chi connectivity index (χ0v) is 18.7. The van der Waals surface area contributed by atoms with Crippen molar-refractivity contribution in [1.29, 1.82) is 0 Å². The van der Waals surface area contributed by atoms with E-state index in [2.05, 4.69) is 15.5 Å². The Labute approximate surface area is 180 Å². The van der Waals surface area contributed by atoms with Gasteiger partial charge in [-0.2, -0.15) is 0 Å². The van der Waals surface area contributed by atoms with E-state index in [0.717, 1.165) is 11.1 Å². The fourth-order valence-corrected chi connectivity index (χ4v) is 4.88. The van der Waals surface area contributed by atoms with Crippen molar-refractivity contribution in [3.63, 3.8) is 0 Å². The Morgan fingerprint density at radius 3 is 2.43 bits per heavy atom. The highest BCUT2D eigenvalue weighted by atomic mass is 32.2. The van der Waals surface area contributed by atoms with Gasteiger partial charge in [0.25, 0.3) is 0 Å². The summed E-state index contributed by atoms with van der Waals surface area (Å²) in [7, 11) is -1.83. The van der Waals surface area contributed by atoms with E-state index in [1.165, 1.54) is 11.8 Å². The number of carbonyl (C=O) groups excluding carboxylic acids is 1. The number of amides is 1. The van der Waals surface area contributed by atoms with E-state index >= 15 is 0 Å². The molecule has 1 amide bonds. The van der Waals surface area contributed by atoms with Crippen LogP contribution < -0.4 is 5.32 Å². The highest BCUT2D eigenvalue weighted by Crippen LogP contribution is 2.20. The van der Waals surface area contributed by atoms with E-state index in [-0.39, 0.29) is 28.4 Å². The number of thioether (sulfide) groups is 1.